The maximum Gasteiger partial charge on any atom is 0.269 e. The van der Waals surface area contributed by atoms with Crippen LogP contribution in [0.4, 0.5) is 5.69 Å². The third-order valence-electron chi connectivity index (χ3n) is 1.72. The minimum atomic E-state index is -0.162. The fraction of sp³-hybridized carbons (Fsp3) is 0.333. The van der Waals surface area contributed by atoms with Gasteiger partial charge in [-0.3, -0.25) is 4.79 Å². The maximum atomic E-state index is 11.1. The van der Waals surface area contributed by atoms with E-state index in [-0.39, 0.29) is 5.91 Å². The third-order valence-corrected chi connectivity index (χ3v) is 1.72. The van der Waals surface area contributed by atoms with Crippen LogP contribution in [-0.2, 0) is 0 Å². The van der Waals surface area contributed by atoms with Gasteiger partial charge in [0.2, 0.25) is 0 Å². The van der Waals surface area contributed by atoms with Gasteiger partial charge in [-0.1, -0.05) is 0 Å². The average molecular weight is 179 g/mol. The standard InChI is InChI=1S/C9H13N3O/c1-10-9(13)8-5-4-7(6-11-8)12(2)3/h4-6H,1-3H3,(H,10,13). The van der Waals surface area contributed by atoms with Gasteiger partial charge in [0.1, 0.15) is 5.69 Å². The van der Waals surface area contributed by atoms with Crippen molar-refractivity contribution in [3.05, 3.63) is 24.0 Å². The smallest absolute Gasteiger partial charge is 0.269 e. The van der Waals surface area contributed by atoms with Gasteiger partial charge in [0, 0.05) is 21.1 Å². The Morgan fingerprint density at radius 2 is 2.15 bits per heavy atom. The lowest BCUT2D eigenvalue weighted by molar-refractivity contribution is 0.0958. The van der Waals surface area contributed by atoms with E-state index in [0.29, 0.717) is 5.69 Å². The Kier molecular flexibility index (Phi) is 2.84. The molecule has 0 unspecified atom stereocenters. The summed E-state index contributed by atoms with van der Waals surface area (Å²) < 4.78 is 0. The number of hydrogen-bond acceptors (Lipinski definition) is 3. The zero-order valence-electron chi connectivity index (χ0n) is 8.03. The molecule has 4 nitrogen and oxygen atoms in total. The Bertz CT molecular complexity index is 292. The van der Waals surface area contributed by atoms with Gasteiger partial charge < -0.3 is 10.2 Å². The first-order valence-electron chi connectivity index (χ1n) is 4.00. The Morgan fingerprint density at radius 3 is 2.54 bits per heavy atom. The molecule has 0 radical (unpaired) electrons. The Hall–Kier alpha value is -1.58. The van der Waals surface area contributed by atoms with Gasteiger partial charge in [0.05, 0.1) is 11.9 Å². The molecular formula is C9H13N3O. The number of amides is 1. The molecule has 0 spiro atoms. The van der Waals surface area contributed by atoms with Crippen LogP contribution in [0.2, 0.25) is 0 Å². The highest BCUT2D eigenvalue weighted by Crippen LogP contribution is 2.08. The van der Waals surface area contributed by atoms with E-state index in [4.69, 9.17) is 0 Å². The summed E-state index contributed by atoms with van der Waals surface area (Å²) in [5, 5.41) is 2.51. The molecule has 1 N–H and O–H groups in total. The zero-order valence-corrected chi connectivity index (χ0v) is 8.03. The third kappa shape index (κ3) is 2.18. The molecule has 70 valence electrons. The van der Waals surface area contributed by atoms with Crippen LogP contribution in [0, 0.1) is 0 Å². The molecule has 1 amide bonds. The number of rotatable bonds is 2. The zero-order chi connectivity index (χ0) is 9.84. The average Bonchev–Trinajstić information content (AvgIpc) is 2.17. The van der Waals surface area contributed by atoms with Gasteiger partial charge in [-0.05, 0) is 12.1 Å². The Labute approximate surface area is 77.6 Å². The van der Waals surface area contributed by atoms with E-state index in [9.17, 15) is 4.79 Å². The van der Waals surface area contributed by atoms with Gasteiger partial charge in [-0.2, -0.15) is 0 Å². The maximum absolute atomic E-state index is 11.1. The Morgan fingerprint density at radius 1 is 1.46 bits per heavy atom. The first-order valence-corrected chi connectivity index (χ1v) is 4.00. The SMILES string of the molecule is CNC(=O)c1ccc(N(C)C)cn1. The van der Waals surface area contributed by atoms with E-state index < -0.39 is 0 Å². The predicted molar refractivity (Wildman–Crippen MR) is 52.0 cm³/mol. The van der Waals surface area contributed by atoms with Crippen molar-refractivity contribution in [1.29, 1.82) is 0 Å². The highest BCUT2D eigenvalue weighted by atomic mass is 16.1. The van der Waals surface area contributed by atoms with E-state index in [2.05, 4.69) is 10.3 Å². The summed E-state index contributed by atoms with van der Waals surface area (Å²) in [4.78, 5) is 17.1. The number of anilines is 1. The fourth-order valence-electron chi connectivity index (χ4n) is 0.913. The van der Waals surface area contributed by atoms with E-state index >= 15 is 0 Å². The van der Waals surface area contributed by atoms with Gasteiger partial charge in [-0.15, -0.1) is 0 Å². The summed E-state index contributed by atoms with van der Waals surface area (Å²) in [6, 6.07) is 3.56. The van der Waals surface area contributed by atoms with Crippen molar-refractivity contribution in [3.63, 3.8) is 0 Å². The monoisotopic (exact) mass is 179 g/mol. The van der Waals surface area contributed by atoms with Crippen LogP contribution in [0.3, 0.4) is 0 Å². The van der Waals surface area contributed by atoms with Crippen LogP contribution >= 0.6 is 0 Å². The van der Waals surface area contributed by atoms with Crippen LogP contribution in [0.5, 0.6) is 0 Å². The van der Waals surface area contributed by atoms with Crippen molar-refractivity contribution in [2.75, 3.05) is 26.0 Å². The number of pyridine rings is 1. The molecule has 0 fully saturated rings. The van der Waals surface area contributed by atoms with Crippen LogP contribution < -0.4 is 10.2 Å². The molecule has 1 aromatic heterocycles. The van der Waals surface area contributed by atoms with Crippen LogP contribution in [0.25, 0.3) is 0 Å². The van der Waals surface area contributed by atoms with Crippen molar-refractivity contribution >= 4 is 11.6 Å². The lowest BCUT2D eigenvalue weighted by Crippen LogP contribution is -2.19. The Balaban J connectivity index is 2.87. The lowest BCUT2D eigenvalue weighted by Gasteiger charge is -2.11. The molecule has 4 heteroatoms. The number of carbonyl (C=O) groups is 1. The molecule has 0 saturated heterocycles. The first-order chi connectivity index (χ1) is 6.15. The van der Waals surface area contributed by atoms with Crippen LogP contribution in [-0.4, -0.2) is 32.0 Å². The molecule has 0 aromatic carbocycles. The second-order valence-electron chi connectivity index (χ2n) is 2.88. The van der Waals surface area contributed by atoms with E-state index in [1.807, 2.05) is 25.1 Å². The number of hydrogen-bond donors (Lipinski definition) is 1. The molecule has 0 aliphatic rings. The number of nitrogens with zero attached hydrogens (tertiary/aromatic N) is 2. The topological polar surface area (TPSA) is 45.2 Å². The second-order valence-corrected chi connectivity index (χ2v) is 2.88. The summed E-state index contributed by atoms with van der Waals surface area (Å²) in [5.41, 5.74) is 1.42. The van der Waals surface area contributed by atoms with E-state index in [0.717, 1.165) is 5.69 Å². The molecule has 0 atom stereocenters. The summed E-state index contributed by atoms with van der Waals surface area (Å²) >= 11 is 0. The predicted octanol–water partition coefficient (Wildman–Crippen LogP) is 0.507. The number of nitrogens with one attached hydrogen (secondary N) is 1. The number of aromatic nitrogens is 1. The highest BCUT2D eigenvalue weighted by Gasteiger charge is 2.03. The van der Waals surface area contributed by atoms with Crippen molar-refractivity contribution in [3.8, 4) is 0 Å². The molecule has 1 heterocycles. The van der Waals surface area contributed by atoms with E-state index in [1.54, 1.807) is 19.3 Å². The van der Waals surface area contributed by atoms with Crippen LogP contribution in [0.1, 0.15) is 10.5 Å². The first kappa shape index (κ1) is 9.51. The molecule has 0 saturated carbocycles. The second kappa shape index (κ2) is 3.89. The normalized spacial score (nSPS) is 9.46. The minimum Gasteiger partial charge on any atom is -0.376 e. The summed E-state index contributed by atoms with van der Waals surface area (Å²) in [6.07, 6.45) is 1.67. The van der Waals surface area contributed by atoms with Crippen molar-refractivity contribution in [2.45, 2.75) is 0 Å². The quantitative estimate of drug-likeness (QED) is 0.719. The molecule has 13 heavy (non-hydrogen) atoms. The van der Waals surface area contributed by atoms with Crippen molar-refractivity contribution < 1.29 is 4.79 Å². The van der Waals surface area contributed by atoms with Crippen LogP contribution in [0.15, 0.2) is 18.3 Å². The van der Waals surface area contributed by atoms with Gasteiger partial charge >= 0.3 is 0 Å². The summed E-state index contributed by atoms with van der Waals surface area (Å²) in [5.74, 6) is -0.162. The fourth-order valence-corrected chi connectivity index (χ4v) is 0.913. The molecule has 0 bridgehead atoms. The van der Waals surface area contributed by atoms with Gasteiger partial charge in [0.15, 0.2) is 0 Å². The summed E-state index contributed by atoms with van der Waals surface area (Å²) in [6.45, 7) is 0. The van der Waals surface area contributed by atoms with E-state index in [1.165, 1.54) is 0 Å². The summed E-state index contributed by atoms with van der Waals surface area (Å²) in [7, 11) is 5.44. The van der Waals surface area contributed by atoms with Gasteiger partial charge in [-0.25, -0.2) is 4.98 Å². The lowest BCUT2D eigenvalue weighted by atomic mass is 10.3. The highest BCUT2D eigenvalue weighted by molar-refractivity contribution is 5.92. The molecule has 0 aliphatic carbocycles. The largest absolute Gasteiger partial charge is 0.376 e. The molecule has 1 aromatic rings. The molecule has 0 aliphatic heterocycles. The minimum absolute atomic E-state index is 0.162. The molecule has 1 rings (SSSR count). The molecular weight excluding hydrogens is 166 g/mol. The van der Waals surface area contributed by atoms with Crippen molar-refractivity contribution in [1.82, 2.24) is 10.3 Å². The number of carbonyl (C=O) groups excluding carboxylic acids is 1. The van der Waals surface area contributed by atoms with Crippen molar-refractivity contribution in [2.24, 2.45) is 0 Å². The van der Waals surface area contributed by atoms with Gasteiger partial charge in [0.25, 0.3) is 5.91 Å².